The first kappa shape index (κ1) is 13.0. The van der Waals surface area contributed by atoms with Gasteiger partial charge in [-0.15, -0.1) is 0 Å². The quantitative estimate of drug-likeness (QED) is 0.583. The van der Waals surface area contributed by atoms with Crippen LogP contribution in [0, 0.1) is 12.7 Å². The molecule has 0 aliphatic carbocycles. The van der Waals surface area contributed by atoms with Crippen molar-refractivity contribution in [2.75, 3.05) is 10.7 Å². The lowest BCUT2D eigenvalue weighted by Gasteiger charge is -2.10. The van der Waals surface area contributed by atoms with Crippen molar-refractivity contribution in [2.24, 2.45) is 5.84 Å². The summed E-state index contributed by atoms with van der Waals surface area (Å²) in [4.78, 5) is 16.0. The molecule has 0 aliphatic rings. The van der Waals surface area contributed by atoms with Crippen molar-refractivity contribution in [2.45, 2.75) is 6.92 Å². The number of carbonyl (C=O) groups is 1. The summed E-state index contributed by atoms with van der Waals surface area (Å²) in [6, 6.07) is 5.73. The van der Waals surface area contributed by atoms with E-state index in [4.69, 9.17) is 5.84 Å². The number of hydrogen-bond acceptors (Lipinski definition) is 4. The van der Waals surface area contributed by atoms with Crippen LogP contribution in [0.3, 0.4) is 0 Å². The van der Waals surface area contributed by atoms with Crippen molar-refractivity contribution in [3.8, 4) is 0 Å². The van der Waals surface area contributed by atoms with Crippen molar-refractivity contribution in [1.29, 1.82) is 0 Å². The Hall–Kier alpha value is -2.47. The Balaban J connectivity index is 2.26. The maximum Gasteiger partial charge on any atom is 0.259 e. The highest BCUT2D eigenvalue weighted by Gasteiger charge is 2.12. The Morgan fingerprint density at radius 1 is 1.32 bits per heavy atom. The third kappa shape index (κ3) is 2.86. The summed E-state index contributed by atoms with van der Waals surface area (Å²) >= 11 is 0. The number of benzene rings is 1. The zero-order valence-electron chi connectivity index (χ0n) is 10.3. The van der Waals surface area contributed by atoms with Crippen LogP contribution in [0.25, 0.3) is 0 Å². The SMILES string of the molecule is Cc1cc(F)ccc1NC(=O)c1cnccc1NN. The van der Waals surface area contributed by atoms with Crippen molar-refractivity contribution in [1.82, 2.24) is 4.98 Å². The predicted molar refractivity (Wildman–Crippen MR) is 71.1 cm³/mol. The van der Waals surface area contributed by atoms with Gasteiger partial charge in [-0.3, -0.25) is 15.6 Å². The number of aromatic nitrogens is 1. The van der Waals surface area contributed by atoms with Gasteiger partial charge in [0.1, 0.15) is 5.82 Å². The van der Waals surface area contributed by atoms with Crippen LogP contribution in [0.4, 0.5) is 15.8 Å². The molecule has 0 saturated heterocycles. The van der Waals surface area contributed by atoms with Gasteiger partial charge in [0, 0.05) is 18.1 Å². The second kappa shape index (κ2) is 5.45. The molecule has 0 spiro atoms. The first-order valence-corrected chi connectivity index (χ1v) is 5.60. The van der Waals surface area contributed by atoms with Gasteiger partial charge in [0.25, 0.3) is 5.91 Å². The van der Waals surface area contributed by atoms with Gasteiger partial charge in [-0.1, -0.05) is 0 Å². The normalized spacial score (nSPS) is 10.1. The zero-order chi connectivity index (χ0) is 13.8. The Labute approximate surface area is 109 Å². The third-order valence-electron chi connectivity index (χ3n) is 2.66. The van der Waals surface area contributed by atoms with Gasteiger partial charge in [-0.05, 0) is 36.8 Å². The average Bonchev–Trinajstić information content (AvgIpc) is 2.41. The summed E-state index contributed by atoms with van der Waals surface area (Å²) in [6.07, 6.45) is 2.93. The standard InChI is InChI=1S/C13H13FN4O/c1-8-6-9(14)2-3-11(8)17-13(19)10-7-16-5-4-12(10)18-15/h2-7H,15H2,1H3,(H,16,18)(H,17,19). The minimum absolute atomic E-state index is 0.314. The molecular formula is C13H13FN4O. The molecule has 1 heterocycles. The lowest BCUT2D eigenvalue weighted by Crippen LogP contribution is -2.18. The number of rotatable bonds is 3. The lowest BCUT2D eigenvalue weighted by atomic mass is 10.1. The van der Waals surface area contributed by atoms with Gasteiger partial charge in [0.05, 0.1) is 11.3 Å². The minimum atomic E-state index is -0.365. The average molecular weight is 260 g/mol. The number of nitrogen functional groups attached to an aromatic ring is 1. The highest BCUT2D eigenvalue weighted by molar-refractivity contribution is 6.08. The molecule has 0 unspecified atom stereocenters. The second-order valence-electron chi connectivity index (χ2n) is 3.98. The van der Waals surface area contributed by atoms with Gasteiger partial charge in [0.2, 0.25) is 0 Å². The molecule has 2 aromatic rings. The van der Waals surface area contributed by atoms with Crippen LogP contribution >= 0.6 is 0 Å². The van der Waals surface area contributed by atoms with Crippen molar-refractivity contribution in [3.05, 3.63) is 53.6 Å². The monoisotopic (exact) mass is 260 g/mol. The zero-order valence-corrected chi connectivity index (χ0v) is 10.3. The van der Waals surface area contributed by atoms with Gasteiger partial charge in [-0.25, -0.2) is 4.39 Å². The first-order chi connectivity index (χ1) is 9.11. The number of amides is 1. The number of carbonyl (C=O) groups excluding carboxylic acids is 1. The van der Waals surface area contributed by atoms with E-state index in [0.717, 1.165) is 0 Å². The summed E-state index contributed by atoms with van der Waals surface area (Å²) in [6.45, 7) is 1.71. The van der Waals surface area contributed by atoms with E-state index < -0.39 is 0 Å². The summed E-state index contributed by atoms with van der Waals surface area (Å²) in [5.74, 6) is 4.61. The lowest BCUT2D eigenvalue weighted by molar-refractivity contribution is 0.102. The van der Waals surface area contributed by atoms with Crippen molar-refractivity contribution in [3.63, 3.8) is 0 Å². The maximum absolute atomic E-state index is 13.0. The fourth-order valence-electron chi connectivity index (χ4n) is 1.66. The molecule has 0 saturated carbocycles. The van der Waals surface area contributed by atoms with E-state index in [1.807, 2.05) is 0 Å². The number of nitrogens with two attached hydrogens (primary N) is 1. The highest BCUT2D eigenvalue weighted by Crippen LogP contribution is 2.19. The van der Waals surface area contributed by atoms with E-state index in [2.05, 4.69) is 15.7 Å². The molecule has 98 valence electrons. The van der Waals surface area contributed by atoms with Gasteiger partial charge < -0.3 is 10.7 Å². The molecule has 1 aromatic carbocycles. The topological polar surface area (TPSA) is 80.0 Å². The molecule has 0 atom stereocenters. The summed E-state index contributed by atoms with van der Waals surface area (Å²) < 4.78 is 13.0. The highest BCUT2D eigenvalue weighted by atomic mass is 19.1. The van der Waals surface area contributed by atoms with E-state index in [0.29, 0.717) is 22.5 Å². The summed E-state index contributed by atoms with van der Waals surface area (Å²) in [5, 5.41) is 2.69. The number of hydrogen-bond donors (Lipinski definition) is 3. The molecule has 2 rings (SSSR count). The molecular weight excluding hydrogens is 247 g/mol. The Morgan fingerprint density at radius 3 is 2.79 bits per heavy atom. The summed E-state index contributed by atoms with van der Waals surface area (Å²) in [7, 11) is 0. The van der Waals surface area contributed by atoms with Crippen LogP contribution in [0.5, 0.6) is 0 Å². The molecule has 1 aromatic heterocycles. The predicted octanol–water partition coefficient (Wildman–Crippen LogP) is 2.07. The maximum atomic E-state index is 13.0. The van der Waals surface area contributed by atoms with Crippen LogP contribution < -0.4 is 16.6 Å². The van der Waals surface area contributed by atoms with E-state index in [-0.39, 0.29) is 11.7 Å². The molecule has 1 amide bonds. The molecule has 6 heteroatoms. The van der Waals surface area contributed by atoms with Crippen molar-refractivity contribution >= 4 is 17.3 Å². The van der Waals surface area contributed by atoms with E-state index in [1.165, 1.54) is 30.6 Å². The molecule has 5 nitrogen and oxygen atoms in total. The Bertz CT molecular complexity index is 615. The molecule has 0 radical (unpaired) electrons. The minimum Gasteiger partial charge on any atom is -0.323 e. The van der Waals surface area contributed by atoms with Gasteiger partial charge in [-0.2, -0.15) is 0 Å². The number of pyridine rings is 1. The van der Waals surface area contributed by atoms with Crippen LogP contribution in [0.1, 0.15) is 15.9 Å². The van der Waals surface area contributed by atoms with Crippen LogP contribution in [-0.2, 0) is 0 Å². The molecule has 4 N–H and O–H groups in total. The van der Waals surface area contributed by atoms with Crippen LogP contribution in [-0.4, -0.2) is 10.9 Å². The van der Waals surface area contributed by atoms with Crippen LogP contribution in [0.15, 0.2) is 36.7 Å². The number of hydrazine groups is 1. The Morgan fingerprint density at radius 2 is 2.11 bits per heavy atom. The van der Waals surface area contributed by atoms with Gasteiger partial charge >= 0.3 is 0 Å². The first-order valence-electron chi connectivity index (χ1n) is 5.60. The molecule has 0 aliphatic heterocycles. The van der Waals surface area contributed by atoms with E-state index in [1.54, 1.807) is 13.0 Å². The summed E-state index contributed by atoms with van der Waals surface area (Å²) in [5.41, 5.74) is 4.38. The van der Waals surface area contributed by atoms with Crippen molar-refractivity contribution < 1.29 is 9.18 Å². The second-order valence-corrected chi connectivity index (χ2v) is 3.98. The number of aryl methyl sites for hydroxylation is 1. The number of anilines is 2. The fourth-order valence-corrected chi connectivity index (χ4v) is 1.66. The number of halogens is 1. The van der Waals surface area contributed by atoms with Crippen LogP contribution in [0.2, 0.25) is 0 Å². The van der Waals surface area contributed by atoms with Gasteiger partial charge in [0.15, 0.2) is 0 Å². The van der Waals surface area contributed by atoms with E-state index >= 15 is 0 Å². The Kier molecular flexibility index (Phi) is 3.72. The molecule has 0 fully saturated rings. The van der Waals surface area contributed by atoms with E-state index in [9.17, 15) is 9.18 Å². The largest absolute Gasteiger partial charge is 0.323 e. The third-order valence-corrected chi connectivity index (χ3v) is 2.66. The number of nitrogens with one attached hydrogen (secondary N) is 2. The molecule has 19 heavy (non-hydrogen) atoms. The smallest absolute Gasteiger partial charge is 0.259 e. The fraction of sp³-hybridized carbons (Fsp3) is 0.0769. The number of nitrogens with zero attached hydrogens (tertiary/aromatic N) is 1. The molecule has 0 bridgehead atoms.